The molecule has 0 spiro atoms. The van der Waals surface area contributed by atoms with Gasteiger partial charge in [-0.25, -0.2) is 0 Å². The van der Waals surface area contributed by atoms with E-state index in [1.54, 1.807) is 12.1 Å². The van der Waals surface area contributed by atoms with E-state index in [0.29, 0.717) is 22.8 Å². The molecule has 6 heteroatoms. The molecule has 0 unspecified atom stereocenters. The first kappa shape index (κ1) is 10.9. The van der Waals surface area contributed by atoms with E-state index in [1.165, 1.54) is 0 Å². The lowest BCUT2D eigenvalue weighted by Crippen LogP contribution is -2.15. The van der Waals surface area contributed by atoms with Gasteiger partial charge in [0.05, 0.1) is 17.1 Å². The smallest absolute Gasteiger partial charge is 0.250 e. The van der Waals surface area contributed by atoms with E-state index in [1.807, 2.05) is 0 Å². The number of aliphatic hydroxyl groups excluding tert-OH is 1. The van der Waals surface area contributed by atoms with Crippen molar-refractivity contribution in [1.29, 1.82) is 0 Å². The molecule has 1 aromatic carbocycles. The van der Waals surface area contributed by atoms with Gasteiger partial charge < -0.3 is 15.7 Å². The fourth-order valence-electron chi connectivity index (χ4n) is 1.53. The van der Waals surface area contributed by atoms with E-state index < -0.39 is 12.5 Å². The van der Waals surface area contributed by atoms with E-state index >= 15 is 0 Å². The van der Waals surface area contributed by atoms with Crippen LogP contribution in [0, 0.1) is 0 Å². The van der Waals surface area contributed by atoms with Crippen LogP contribution in [0.25, 0.3) is 0 Å². The number of rotatable bonds is 2. The lowest BCUT2D eigenvalue weighted by Gasteiger charge is -2.08. The summed E-state index contributed by atoms with van der Waals surface area (Å²) in [6, 6.07) is 3.21. The van der Waals surface area contributed by atoms with Gasteiger partial charge in [0, 0.05) is 5.69 Å². The maximum absolute atomic E-state index is 11.1. The van der Waals surface area contributed by atoms with Crippen LogP contribution in [0.4, 0.5) is 11.4 Å². The Morgan fingerprint density at radius 1 is 1.56 bits per heavy atom. The van der Waals surface area contributed by atoms with Gasteiger partial charge in [0.15, 0.2) is 0 Å². The zero-order valence-corrected chi connectivity index (χ0v) is 8.97. The Labute approximate surface area is 96.4 Å². The van der Waals surface area contributed by atoms with Crippen molar-refractivity contribution >= 4 is 34.8 Å². The third kappa shape index (κ3) is 2.00. The monoisotopic (exact) mass is 240 g/mol. The Hall–Kier alpha value is -1.59. The summed E-state index contributed by atoms with van der Waals surface area (Å²) in [5.74, 6) is -0.650. The molecule has 1 heterocycles. The van der Waals surface area contributed by atoms with Gasteiger partial charge in [-0.3, -0.25) is 9.59 Å². The minimum absolute atomic E-state index is 0.100. The minimum atomic E-state index is -0.611. The first-order valence-electron chi connectivity index (χ1n) is 4.63. The van der Waals surface area contributed by atoms with Crippen LogP contribution in [0.2, 0.25) is 5.02 Å². The molecule has 0 saturated carbocycles. The van der Waals surface area contributed by atoms with Gasteiger partial charge in [-0.05, 0) is 17.7 Å². The Balaban J connectivity index is 2.31. The molecule has 0 bridgehead atoms. The third-order valence-corrected chi connectivity index (χ3v) is 2.55. The van der Waals surface area contributed by atoms with Crippen molar-refractivity contribution < 1.29 is 14.7 Å². The predicted molar refractivity (Wildman–Crippen MR) is 59.5 cm³/mol. The second-order valence-electron chi connectivity index (χ2n) is 3.42. The lowest BCUT2D eigenvalue weighted by atomic mass is 10.1. The van der Waals surface area contributed by atoms with Crippen molar-refractivity contribution in [1.82, 2.24) is 0 Å². The highest BCUT2D eigenvalue weighted by atomic mass is 35.5. The third-order valence-electron chi connectivity index (χ3n) is 2.24. The molecule has 1 aliphatic rings. The molecule has 1 aromatic rings. The molecule has 0 radical (unpaired) electrons. The van der Waals surface area contributed by atoms with Crippen LogP contribution in [-0.2, 0) is 16.0 Å². The van der Waals surface area contributed by atoms with E-state index in [4.69, 9.17) is 16.7 Å². The van der Waals surface area contributed by atoms with Crippen LogP contribution in [-0.4, -0.2) is 23.5 Å². The fourth-order valence-corrected chi connectivity index (χ4v) is 1.76. The summed E-state index contributed by atoms with van der Waals surface area (Å²) >= 11 is 5.92. The Bertz CT molecular complexity index is 473. The number of anilines is 2. The first-order valence-corrected chi connectivity index (χ1v) is 5.01. The summed E-state index contributed by atoms with van der Waals surface area (Å²) in [6.45, 7) is -0.611. The summed E-state index contributed by atoms with van der Waals surface area (Å²) in [6.07, 6.45) is 0.295. The quantitative estimate of drug-likeness (QED) is 0.714. The Morgan fingerprint density at radius 3 is 3.00 bits per heavy atom. The van der Waals surface area contributed by atoms with E-state index in [0.717, 1.165) is 5.56 Å². The van der Waals surface area contributed by atoms with E-state index in [-0.39, 0.29) is 5.91 Å². The summed E-state index contributed by atoms with van der Waals surface area (Å²) in [5, 5.41) is 14.0. The van der Waals surface area contributed by atoms with E-state index in [9.17, 15) is 9.59 Å². The summed E-state index contributed by atoms with van der Waals surface area (Å²) < 4.78 is 0. The standard InChI is InChI=1S/C10H9ClN2O3/c11-6-1-5-2-9(15)12-7(5)3-8(6)13-10(16)4-14/h1,3,14H,2,4H2,(H,12,15)(H,13,16). The Kier molecular flexibility index (Phi) is 2.80. The SMILES string of the molecule is O=C(CO)Nc1cc2c(cc1Cl)CC(=O)N2. The van der Waals surface area contributed by atoms with Gasteiger partial charge in [-0.1, -0.05) is 11.6 Å². The number of benzene rings is 1. The second kappa shape index (κ2) is 4.11. The molecule has 0 aromatic heterocycles. The van der Waals surface area contributed by atoms with Crippen molar-refractivity contribution in [3.8, 4) is 0 Å². The van der Waals surface area contributed by atoms with Crippen molar-refractivity contribution in [2.45, 2.75) is 6.42 Å². The number of carbonyl (C=O) groups excluding carboxylic acids is 2. The van der Waals surface area contributed by atoms with Gasteiger partial charge >= 0.3 is 0 Å². The maximum atomic E-state index is 11.1. The van der Waals surface area contributed by atoms with Gasteiger partial charge in [0.2, 0.25) is 11.8 Å². The highest BCUT2D eigenvalue weighted by molar-refractivity contribution is 6.34. The van der Waals surface area contributed by atoms with Gasteiger partial charge in [-0.2, -0.15) is 0 Å². The number of halogens is 1. The number of hydrogen-bond donors (Lipinski definition) is 3. The zero-order valence-electron chi connectivity index (χ0n) is 8.21. The molecule has 2 amide bonds. The van der Waals surface area contributed by atoms with Crippen LogP contribution in [0.15, 0.2) is 12.1 Å². The van der Waals surface area contributed by atoms with Gasteiger partial charge in [0.1, 0.15) is 6.61 Å². The molecule has 84 valence electrons. The Morgan fingerprint density at radius 2 is 2.31 bits per heavy atom. The van der Waals surface area contributed by atoms with Gasteiger partial charge in [-0.15, -0.1) is 0 Å². The number of fused-ring (bicyclic) bond motifs is 1. The summed E-state index contributed by atoms with van der Waals surface area (Å²) in [4.78, 5) is 22.1. The molecule has 0 saturated heterocycles. The average molecular weight is 241 g/mol. The normalized spacial score (nSPS) is 13.2. The average Bonchev–Trinajstić information content (AvgIpc) is 2.58. The molecule has 16 heavy (non-hydrogen) atoms. The molecular formula is C10H9ClN2O3. The topological polar surface area (TPSA) is 78.4 Å². The van der Waals surface area contributed by atoms with Gasteiger partial charge in [0.25, 0.3) is 0 Å². The molecule has 0 fully saturated rings. The van der Waals surface area contributed by atoms with Crippen LogP contribution >= 0.6 is 11.6 Å². The number of nitrogens with one attached hydrogen (secondary N) is 2. The molecular weight excluding hydrogens is 232 g/mol. The first-order chi connectivity index (χ1) is 7.60. The van der Waals surface area contributed by atoms with Crippen molar-refractivity contribution in [3.05, 3.63) is 22.7 Å². The highest BCUT2D eigenvalue weighted by Crippen LogP contribution is 2.32. The molecule has 0 aliphatic carbocycles. The molecule has 3 N–H and O–H groups in total. The zero-order chi connectivity index (χ0) is 11.7. The highest BCUT2D eigenvalue weighted by Gasteiger charge is 2.19. The number of aliphatic hydroxyl groups is 1. The van der Waals surface area contributed by atoms with E-state index in [2.05, 4.69) is 10.6 Å². The van der Waals surface area contributed by atoms with Crippen LogP contribution in [0.1, 0.15) is 5.56 Å². The number of amides is 2. The molecule has 0 atom stereocenters. The number of carbonyl (C=O) groups is 2. The second-order valence-corrected chi connectivity index (χ2v) is 3.83. The van der Waals surface area contributed by atoms with Crippen LogP contribution < -0.4 is 10.6 Å². The van der Waals surface area contributed by atoms with Crippen LogP contribution in [0.5, 0.6) is 0 Å². The summed E-state index contributed by atoms with van der Waals surface area (Å²) in [5.41, 5.74) is 1.82. The summed E-state index contributed by atoms with van der Waals surface area (Å²) in [7, 11) is 0. The van der Waals surface area contributed by atoms with Crippen molar-refractivity contribution in [2.24, 2.45) is 0 Å². The molecule has 5 nitrogen and oxygen atoms in total. The van der Waals surface area contributed by atoms with Crippen molar-refractivity contribution in [2.75, 3.05) is 17.2 Å². The van der Waals surface area contributed by atoms with Crippen LogP contribution in [0.3, 0.4) is 0 Å². The predicted octanol–water partition coefficient (Wildman–Crippen LogP) is 0.765. The van der Waals surface area contributed by atoms with Crippen molar-refractivity contribution in [3.63, 3.8) is 0 Å². The minimum Gasteiger partial charge on any atom is -0.387 e. The lowest BCUT2D eigenvalue weighted by molar-refractivity contribution is -0.118. The maximum Gasteiger partial charge on any atom is 0.250 e. The fraction of sp³-hybridized carbons (Fsp3) is 0.200. The largest absolute Gasteiger partial charge is 0.387 e. The molecule has 2 rings (SSSR count). The number of hydrogen-bond acceptors (Lipinski definition) is 3. The molecule has 1 aliphatic heterocycles.